The molecule has 97 heavy (non-hydrogen) atoms. The van der Waals surface area contributed by atoms with Crippen molar-refractivity contribution in [3.63, 3.8) is 0 Å². The zero-order chi connectivity index (χ0) is 69.2. The van der Waals surface area contributed by atoms with Crippen molar-refractivity contribution in [2.24, 2.45) is 0 Å². The van der Waals surface area contributed by atoms with Crippen LogP contribution >= 0.6 is 38.9 Å². The monoisotopic (exact) mass is 1410 g/mol. The van der Waals surface area contributed by atoms with Gasteiger partial charge >= 0.3 is 5.20 Å². The number of rotatable bonds is 28. The van der Waals surface area contributed by atoms with E-state index in [1.807, 2.05) is 72.8 Å². The van der Waals surface area contributed by atoms with Crippen LogP contribution in [-0.4, -0.2) is 79.5 Å². The molecule has 0 saturated heterocycles. The minimum absolute atomic E-state index is 0. The molecule has 0 unspecified atom stereocenters. The summed E-state index contributed by atoms with van der Waals surface area (Å²) >= 11 is 13.8. The smallest absolute Gasteiger partial charge is 0.339 e. The van der Waals surface area contributed by atoms with Gasteiger partial charge in [0, 0.05) is 133 Å². The summed E-state index contributed by atoms with van der Waals surface area (Å²) in [5.41, 5.74) is 19.2. The summed E-state index contributed by atoms with van der Waals surface area (Å²) in [5, 5.41) is -1.97. The second kappa shape index (κ2) is 40.0. The van der Waals surface area contributed by atoms with E-state index in [2.05, 4.69) is 235 Å². The molecule has 15 heteroatoms. The predicted octanol–water partition coefficient (Wildman–Crippen LogP) is 20.7. The summed E-state index contributed by atoms with van der Waals surface area (Å²) in [6, 6.07) is 67.3. The van der Waals surface area contributed by atoms with Gasteiger partial charge in [0.2, 0.25) is 11.4 Å². The van der Waals surface area contributed by atoms with Gasteiger partial charge in [-0.2, -0.15) is 4.58 Å². The average Bonchev–Trinajstić information content (AvgIpc) is 1.61. The first-order valence-corrected chi connectivity index (χ1v) is 39.1. The Bertz CT molecular complexity index is 3830. The number of hydrogen-bond donors (Lipinski definition) is 0. The SMILES string of the molecule is CCCCCC[N+]1=C(c2ccc(F)cc2)C(=C(c2ccc(N(CC)CC)cc2)c2ccc(N(CC)CC)cc2)c2ccccc21.CCCCCCn1c(-c2ccc(F)cc2)cc2ccccc21.CCN(CC)c1ccc(C(=O)c2ccc(N(CC)CC)cc2)cc1.O=P(Cl)(Cl)Cl.[Cl-]. The number of allylic oxidation sites excluding steroid dienone is 1. The van der Waals surface area contributed by atoms with Gasteiger partial charge in [0.15, 0.2) is 5.78 Å². The molecule has 0 N–H and O–H groups in total. The molecule has 9 aromatic rings. The lowest BCUT2D eigenvalue weighted by atomic mass is 9.86. The number of aryl methyl sites for hydroxylation is 1. The van der Waals surface area contributed by atoms with Crippen LogP contribution in [0, 0.1) is 11.6 Å². The molecule has 0 saturated carbocycles. The van der Waals surface area contributed by atoms with E-state index in [1.54, 1.807) is 12.1 Å². The van der Waals surface area contributed by atoms with E-state index in [0.717, 1.165) is 111 Å². The maximum absolute atomic E-state index is 14.3. The third kappa shape index (κ3) is 21.9. The lowest BCUT2D eigenvalue weighted by Crippen LogP contribution is -3.00. The molecule has 0 radical (unpaired) electrons. The maximum atomic E-state index is 14.3. The van der Waals surface area contributed by atoms with Crippen LogP contribution in [0.25, 0.3) is 33.3 Å². The van der Waals surface area contributed by atoms with Crippen molar-refractivity contribution in [1.82, 2.24) is 4.57 Å². The summed E-state index contributed by atoms with van der Waals surface area (Å²) in [7, 11) is 0. The van der Waals surface area contributed by atoms with Gasteiger partial charge in [0.1, 0.15) is 18.2 Å². The molecule has 1 aliphatic heterocycles. The molecule has 0 atom stereocenters. The van der Waals surface area contributed by atoms with E-state index in [-0.39, 0.29) is 29.8 Å². The number of nitrogens with zero attached hydrogens (tertiary/aromatic N) is 6. The maximum Gasteiger partial charge on any atom is 0.339 e. The Hall–Kier alpha value is -7.17. The first-order chi connectivity index (χ1) is 46.5. The number of halogens is 6. The highest BCUT2D eigenvalue weighted by atomic mass is 36.0. The third-order valence-corrected chi connectivity index (χ3v) is 17.8. The quantitative estimate of drug-likeness (QED) is 0.0211. The molecule has 1 aromatic heterocycles. The Morgan fingerprint density at radius 3 is 1.23 bits per heavy atom. The molecule has 2 heterocycles. The fraction of sp³-hybridized carbons (Fsp3) is 0.341. The van der Waals surface area contributed by atoms with E-state index in [9.17, 15) is 18.1 Å². The fourth-order valence-electron chi connectivity index (χ4n) is 12.7. The van der Waals surface area contributed by atoms with Gasteiger partial charge in [-0.25, -0.2) is 8.78 Å². The number of benzene rings is 8. The summed E-state index contributed by atoms with van der Waals surface area (Å²) in [6.07, 6.45) is 9.69. The van der Waals surface area contributed by atoms with Gasteiger partial charge < -0.3 is 36.6 Å². The van der Waals surface area contributed by atoms with Crippen LogP contribution in [0.3, 0.4) is 0 Å². The molecule has 0 aliphatic carbocycles. The van der Waals surface area contributed by atoms with Crippen LogP contribution in [0.2, 0.25) is 0 Å². The van der Waals surface area contributed by atoms with E-state index < -0.39 is 5.20 Å². The third-order valence-electron chi connectivity index (χ3n) is 17.8. The molecule has 516 valence electrons. The molecular formula is C82H99Cl4F2N6O2P. The van der Waals surface area contributed by atoms with Crippen LogP contribution in [0.5, 0.6) is 0 Å². The van der Waals surface area contributed by atoms with E-state index in [1.165, 1.54) is 119 Å². The minimum atomic E-state index is -3.22. The highest BCUT2D eigenvalue weighted by Crippen LogP contribution is 2.61. The molecule has 0 spiro atoms. The highest BCUT2D eigenvalue weighted by molar-refractivity contribution is 8.24. The van der Waals surface area contributed by atoms with Crippen molar-refractivity contribution >= 4 is 101 Å². The zero-order valence-corrected chi connectivity index (χ0v) is 62.4. The van der Waals surface area contributed by atoms with Gasteiger partial charge in [-0.05, 0) is 258 Å². The van der Waals surface area contributed by atoms with Gasteiger partial charge in [-0.15, -0.1) is 0 Å². The van der Waals surface area contributed by atoms with E-state index >= 15 is 0 Å². The largest absolute Gasteiger partial charge is 1.00 e. The number of unbranched alkanes of at least 4 members (excludes halogenated alkanes) is 6. The van der Waals surface area contributed by atoms with Gasteiger partial charge in [0.05, 0.1) is 11.1 Å². The molecule has 10 rings (SSSR count). The number of hydrogen-bond acceptors (Lipinski definition) is 6. The summed E-state index contributed by atoms with van der Waals surface area (Å²) < 4.78 is 41.8. The summed E-state index contributed by atoms with van der Waals surface area (Å²) in [5.74, 6) is -0.323. The summed E-state index contributed by atoms with van der Waals surface area (Å²) in [4.78, 5) is 22.0. The first-order valence-electron chi connectivity index (χ1n) is 34.7. The van der Waals surface area contributed by atoms with Crippen molar-refractivity contribution < 1.29 is 35.1 Å². The van der Waals surface area contributed by atoms with Crippen LogP contribution in [0.1, 0.15) is 159 Å². The number of carbonyl (C=O) groups excluding carboxylic acids is 1. The number of anilines is 4. The standard InChI is InChI=1S/C41H49FN3.C21H28N2O.C20H22FN.Cl3OP.ClH/c1-6-11-12-15-30-45-38-17-14-13-16-37(38)40(41(45)33-18-24-34(42)25-19-33)39(31-20-26-35(27-21-31)43(7-2)8-3)32-22-28-36(29-23-32)44(9-4)10-5;1-5-22(6-2)19-13-9-17(10-14-19)21(24)18-11-15-20(16-12-18)23(7-3)8-4;1-2-3-4-7-14-22-19-9-6-5-8-17(19)15-20(22)16-10-12-18(21)13-11-16;1-5(2,3)4;/h13-14,16-29H,6-12,15,30H2,1-5H3;9-16H,5-8H2,1-4H3;5-6,8-13,15H,2-4,7,14H2,1H3;;1H/q+1;;;;/p-1. The second-order valence-electron chi connectivity index (χ2n) is 23.7. The van der Waals surface area contributed by atoms with Crippen molar-refractivity contribution in [2.45, 2.75) is 127 Å². The Morgan fingerprint density at radius 1 is 0.443 bits per heavy atom. The molecule has 0 bridgehead atoms. The van der Waals surface area contributed by atoms with Crippen molar-refractivity contribution in [3.8, 4) is 11.3 Å². The molecule has 0 fully saturated rings. The Kier molecular flexibility index (Phi) is 32.5. The molecule has 1 aliphatic rings. The lowest BCUT2D eigenvalue weighted by Gasteiger charge is -2.23. The van der Waals surface area contributed by atoms with Crippen LogP contribution < -0.4 is 32.0 Å². The van der Waals surface area contributed by atoms with Gasteiger partial charge in [-0.1, -0.05) is 101 Å². The highest BCUT2D eigenvalue weighted by Gasteiger charge is 2.38. The predicted molar refractivity (Wildman–Crippen MR) is 412 cm³/mol. The van der Waals surface area contributed by atoms with Crippen molar-refractivity contribution in [2.75, 3.05) is 78.5 Å². The van der Waals surface area contributed by atoms with E-state index in [4.69, 9.17) is 0 Å². The minimum Gasteiger partial charge on any atom is -1.00 e. The van der Waals surface area contributed by atoms with Gasteiger partial charge in [0.25, 0.3) is 0 Å². The zero-order valence-electron chi connectivity index (χ0n) is 58.5. The molecule has 8 aromatic carbocycles. The van der Waals surface area contributed by atoms with Crippen LogP contribution in [0.4, 0.5) is 37.2 Å². The Labute approximate surface area is 598 Å². The normalized spacial score (nSPS) is 11.5. The number of fused-ring (bicyclic) bond motifs is 2. The van der Waals surface area contributed by atoms with Gasteiger partial charge in [-0.3, -0.25) is 9.36 Å². The number of para-hydroxylation sites is 2. The van der Waals surface area contributed by atoms with Crippen LogP contribution in [0.15, 0.2) is 200 Å². The Balaban J connectivity index is 0.000000240. The van der Waals surface area contributed by atoms with E-state index in [0.29, 0.717) is 0 Å². The molecule has 0 amide bonds. The topological polar surface area (TPSA) is 55.0 Å². The van der Waals surface area contributed by atoms with Crippen molar-refractivity contribution in [1.29, 1.82) is 0 Å². The lowest BCUT2D eigenvalue weighted by molar-refractivity contribution is -0.437. The second-order valence-corrected chi connectivity index (χ2v) is 30.4. The molecule has 8 nitrogen and oxygen atoms in total. The molecular weight excluding hydrogens is 1310 g/mol. The first kappa shape index (κ1) is 78.8. The number of aromatic nitrogens is 1. The average molecular weight is 1410 g/mol. The Morgan fingerprint density at radius 2 is 0.814 bits per heavy atom. The fourth-order valence-corrected chi connectivity index (χ4v) is 12.7. The number of ketones is 1. The summed E-state index contributed by atoms with van der Waals surface area (Å²) in [6.45, 7) is 31.6. The van der Waals surface area contributed by atoms with Crippen molar-refractivity contribution in [3.05, 3.63) is 245 Å². The number of carbonyl (C=O) groups is 1. The van der Waals surface area contributed by atoms with Crippen LogP contribution in [-0.2, 0) is 11.1 Å².